The molecule has 0 amide bonds. The van der Waals surface area contributed by atoms with Crippen LogP contribution in [0.3, 0.4) is 0 Å². The van der Waals surface area contributed by atoms with Crippen molar-refractivity contribution < 1.29 is 4.39 Å². The molecular formula is C32H49ClFN. The lowest BCUT2D eigenvalue weighted by Crippen LogP contribution is -2.34. The van der Waals surface area contributed by atoms with Crippen LogP contribution >= 0.6 is 11.6 Å². The number of unbranched alkanes of at least 4 members (excludes halogenated alkanes) is 12. The van der Waals surface area contributed by atoms with Gasteiger partial charge in [0.05, 0.1) is 5.38 Å². The highest BCUT2D eigenvalue weighted by atomic mass is 35.5. The quantitative estimate of drug-likeness (QED) is 0.121. The Morgan fingerprint density at radius 1 is 0.629 bits per heavy atom. The molecule has 1 nitrogen and oxygen atoms in total. The van der Waals surface area contributed by atoms with Crippen LogP contribution in [0.2, 0.25) is 0 Å². The molecular weight excluding hydrogens is 453 g/mol. The molecule has 0 fully saturated rings. The third-order valence-electron chi connectivity index (χ3n) is 6.91. The van der Waals surface area contributed by atoms with Crippen molar-refractivity contribution >= 4 is 11.6 Å². The molecule has 0 bridgehead atoms. The summed E-state index contributed by atoms with van der Waals surface area (Å²) >= 11 is 6.59. The third kappa shape index (κ3) is 14.7. The van der Waals surface area contributed by atoms with Gasteiger partial charge in [0.25, 0.3) is 0 Å². The second-order valence-electron chi connectivity index (χ2n) is 10.2. The fourth-order valence-corrected chi connectivity index (χ4v) is 5.09. The lowest BCUT2D eigenvalue weighted by molar-refractivity contribution is 0.207. The Bertz CT molecular complexity index is 681. The van der Waals surface area contributed by atoms with Crippen LogP contribution in [0.4, 0.5) is 4.39 Å². The maximum Gasteiger partial charge on any atom is 0.118 e. The van der Waals surface area contributed by atoms with Gasteiger partial charge in [0.1, 0.15) is 6.17 Å². The predicted molar refractivity (Wildman–Crippen MR) is 152 cm³/mol. The molecule has 0 unspecified atom stereocenters. The van der Waals surface area contributed by atoms with Crippen molar-refractivity contribution in [3.63, 3.8) is 0 Å². The smallest absolute Gasteiger partial charge is 0.118 e. The largest absolute Gasteiger partial charge is 0.293 e. The summed E-state index contributed by atoms with van der Waals surface area (Å²) in [6.45, 7) is 4.40. The van der Waals surface area contributed by atoms with E-state index in [1.165, 1.54) is 81.8 Å². The van der Waals surface area contributed by atoms with Gasteiger partial charge in [-0.05, 0) is 17.5 Å². The second-order valence-corrected chi connectivity index (χ2v) is 10.8. The first-order valence-corrected chi connectivity index (χ1v) is 14.7. The maximum absolute atomic E-state index is 14.9. The van der Waals surface area contributed by atoms with Crippen LogP contribution < -0.4 is 0 Å². The number of benzene rings is 2. The Labute approximate surface area is 220 Å². The van der Waals surface area contributed by atoms with E-state index in [-0.39, 0.29) is 0 Å². The molecule has 3 heteroatoms. The van der Waals surface area contributed by atoms with Crippen molar-refractivity contribution in [2.24, 2.45) is 0 Å². The zero-order valence-electron chi connectivity index (χ0n) is 22.2. The monoisotopic (exact) mass is 501 g/mol. The van der Waals surface area contributed by atoms with Crippen molar-refractivity contribution in [2.75, 3.05) is 6.54 Å². The summed E-state index contributed by atoms with van der Waals surface area (Å²) in [7, 11) is 0. The zero-order chi connectivity index (χ0) is 25.0. The molecule has 0 heterocycles. The van der Waals surface area contributed by atoms with Crippen LogP contribution in [-0.2, 0) is 13.1 Å². The number of nitrogens with zero attached hydrogens (tertiary/aromatic N) is 1. The third-order valence-corrected chi connectivity index (χ3v) is 7.32. The van der Waals surface area contributed by atoms with Crippen molar-refractivity contribution in [3.8, 4) is 0 Å². The van der Waals surface area contributed by atoms with Gasteiger partial charge < -0.3 is 0 Å². The summed E-state index contributed by atoms with van der Waals surface area (Å²) in [6, 6.07) is 20.8. The molecule has 0 aliphatic heterocycles. The van der Waals surface area contributed by atoms with Gasteiger partial charge in [-0.2, -0.15) is 0 Å². The van der Waals surface area contributed by atoms with E-state index >= 15 is 0 Å². The van der Waals surface area contributed by atoms with E-state index in [4.69, 9.17) is 11.6 Å². The normalized spacial score (nSPS) is 13.3. The van der Waals surface area contributed by atoms with E-state index in [2.05, 4.69) is 60.4 Å². The fourth-order valence-electron chi connectivity index (χ4n) is 4.77. The van der Waals surface area contributed by atoms with E-state index in [9.17, 15) is 4.39 Å². The lowest BCUT2D eigenvalue weighted by atomic mass is 10.0. The Kier molecular flexibility index (Phi) is 16.9. The maximum atomic E-state index is 14.9. The van der Waals surface area contributed by atoms with Crippen LogP contribution in [0.15, 0.2) is 60.7 Å². The molecule has 2 rings (SSSR count). The number of hydrogen-bond donors (Lipinski definition) is 0. The van der Waals surface area contributed by atoms with Crippen LogP contribution in [-0.4, -0.2) is 23.0 Å². The Balaban J connectivity index is 1.59. The Morgan fingerprint density at radius 2 is 1.03 bits per heavy atom. The lowest BCUT2D eigenvalue weighted by Gasteiger charge is -2.26. The summed E-state index contributed by atoms with van der Waals surface area (Å²) in [4.78, 5) is 2.28. The average molecular weight is 502 g/mol. The van der Waals surface area contributed by atoms with Crippen LogP contribution in [0, 0.1) is 0 Å². The average Bonchev–Trinajstić information content (AvgIpc) is 2.88. The van der Waals surface area contributed by atoms with Gasteiger partial charge in [0.2, 0.25) is 0 Å². The number of alkyl halides is 2. The topological polar surface area (TPSA) is 3.24 Å². The van der Waals surface area contributed by atoms with E-state index in [1.54, 1.807) is 0 Å². The molecule has 0 N–H and O–H groups in total. The highest BCUT2D eigenvalue weighted by Gasteiger charge is 2.21. The van der Waals surface area contributed by atoms with Gasteiger partial charge in [-0.3, -0.25) is 4.90 Å². The van der Waals surface area contributed by atoms with Crippen molar-refractivity contribution in [1.29, 1.82) is 0 Å². The standard InChI is InChI=1S/C32H49ClFN/c1-2-3-4-5-6-7-8-9-10-11-12-13-20-25-32(34)31(33)28-35(26-29-21-16-14-17-22-29)27-30-23-18-15-19-24-30/h14-19,21-24,31-32H,2-13,20,25-28H2,1H3/t31-,32+/m1/s1. The van der Waals surface area contributed by atoms with Gasteiger partial charge in [-0.15, -0.1) is 11.6 Å². The van der Waals surface area contributed by atoms with Gasteiger partial charge in [-0.1, -0.05) is 151 Å². The van der Waals surface area contributed by atoms with Gasteiger partial charge in [0.15, 0.2) is 0 Å². The van der Waals surface area contributed by atoms with E-state index in [0.29, 0.717) is 13.0 Å². The van der Waals surface area contributed by atoms with Gasteiger partial charge in [0, 0.05) is 19.6 Å². The first-order chi connectivity index (χ1) is 17.2. The van der Waals surface area contributed by atoms with Crippen LogP contribution in [0.1, 0.15) is 108 Å². The highest BCUT2D eigenvalue weighted by Crippen LogP contribution is 2.20. The minimum Gasteiger partial charge on any atom is -0.293 e. The number of halogens is 2. The first kappa shape index (κ1) is 29.8. The van der Waals surface area contributed by atoms with Gasteiger partial charge in [-0.25, -0.2) is 4.39 Å². The molecule has 0 radical (unpaired) electrons. The molecule has 2 aromatic rings. The van der Waals surface area contributed by atoms with Crippen LogP contribution in [0.25, 0.3) is 0 Å². The molecule has 0 saturated carbocycles. The SMILES string of the molecule is CCCCCCCCCCCCCCC[C@H](F)[C@H](Cl)CN(Cc1ccccc1)Cc1ccccc1. The summed E-state index contributed by atoms with van der Waals surface area (Å²) in [5.74, 6) is 0. The minimum absolute atomic E-state index is 0.472. The molecule has 0 saturated heterocycles. The fraction of sp³-hybridized carbons (Fsp3) is 0.625. The molecule has 0 aliphatic carbocycles. The highest BCUT2D eigenvalue weighted by molar-refractivity contribution is 6.21. The summed E-state index contributed by atoms with van der Waals surface area (Å²) in [5.41, 5.74) is 2.47. The van der Waals surface area contributed by atoms with E-state index < -0.39 is 11.5 Å². The molecule has 35 heavy (non-hydrogen) atoms. The summed E-state index contributed by atoms with van der Waals surface area (Å²) in [6.07, 6.45) is 16.7. The predicted octanol–water partition coefficient (Wildman–Crippen LogP) is 10.1. The van der Waals surface area contributed by atoms with Crippen molar-refractivity contribution in [3.05, 3.63) is 71.8 Å². The molecule has 196 valence electrons. The van der Waals surface area contributed by atoms with Gasteiger partial charge >= 0.3 is 0 Å². The number of rotatable bonds is 21. The minimum atomic E-state index is -0.946. The Morgan fingerprint density at radius 3 is 1.46 bits per heavy atom. The molecule has 2 aromatic carbocycles. The number of hydrogen-bond acceptors (Lipinski definition) is 1. The molecule has 0 aromatic heterocycles. The second kappa shape index (κ2) is 19.8. The van der Waals surface area contributed by atoms with Crippen molar-refractivity contribution in [1.82, 2.24) is 4.90 Å². The van der Waals surface area contributed by atoms with Crippen molar-refractivity contribution in [2.45, 2.75) is 121 Å². The van der Waals surface area contributed by atoms with Crippen LogP contribution in [0.5, 0.6) is 0 Å². The van der Waals surface area contributed by atoms with E-state index in [0.717, 1.165) is 25.9 Å². The zero-order valence-corrected chi connectivity index (χ0v) is 22.9. The first-order valence-electron chi connectivity index (χ1n) is 14.3. The summed E-state index contributed by atoms with van der Waals surface area (Å²) in [5, 5.41) is -0.472. The molecule has 2 atom stereocenters. The molecule has 0 spiro atoms. The molecule has 0 aliphatic rings. The summed E-state index contributed by atoms with van der Waals surface area (Å²) < 4.78 is 14.9. The van der Waals surface area contributed by atoms with E-state index in [1.807, 2.05) is 12.1 Å². The Hall–Kier alpha value is -1.38.